The molecule has 0 bridgehead atoms. The summed E-state index contributed by atoms with van der Waals surface area (Å²) in [5, 5.41) is 14.1. The number of rotatable bonds is 5. The van der Waals surface area contributed by atoms with Gasteiger partial charge in [-0.15, -0.1) is 0 Å². The molecule has 2 atom stereocenters. The number of carbonyl (C=O) groups excluding carboxylic acids is 1. The fraction of sp³-hybridized carbons (Fsp3) is 0.818. The smallest absolute Gasteiger partial charge is 0.315 e. The maximum Gasteiger partial charge on any atom is 0.315 e. The van der Waals surface area contributed by atoms with Gasteiger partial charge in [-0.05, 0) is 26.7 Å². The van der Waals surface area contributed by atoms with Gasteiger partial charge in [-0.25, -0.2) is 4.79 Å². The zero-order valence-electron chi connectivity index (χ0n) is 10.3. The normalized spacial score (nSPS) is 25.3. The van der Waals surface area contributed by atoms with Gasteiger partial charge >= 0.3 is 12.0 Å². The molecule has 0 saturated carbocycles. The van der Waals surface area contributed by atoms with Crippen LogP contribution in [-0.4, -0.2) is 41.9 Å². The summed E-state index contributed by atoms with van der Waals surface area (Å²) in [4.78, 5) is 22.0. The van der Waals surface area contributed by atoms with Crippen molar-refractivity contribution in [2.45, 2.75) is 44.7 Å². The van der Waals surface area contributed by atoms with E-state index >= 15 is 0 Å². The molecule has 1 aliphatic rings. The predicted molar refractivity (Wildman–Crippen MR) is 61.8 cm³/mol. The minimum absolute atomic E-state index is 0.0574. The summed E-state index contributed by atoms with van der Waals surface area (Å²) in [5.41, 5.74) is -0.309. The van der Waals surface area contributed by atoms with Crippen LogP contribution in [-0.2, 0) is 9.53 Å². The SMILES string of the molecule is CC(CCC(=O)O)NC(=O)NC1(C)CCOC1. The van der Waals surface area contributed by atoms with Crippen LogP contribution in [0.25, 0.3) is 0 Å². The first kappa shape index (κ1) is 13.8. The van der Waals surface area contributed by atoms with Gasteiger partial charge in [-0.3, -0.25) is 4.79 Å². The molecule has 0 aromatic rings. The summed E-state index contributed by atoms with van der Waals surface area (Å²) in [5.74, 6) is -0.852. The van der Waals surface area contributed by atoms with Crippen molar-refractivity contribution in [3.05, 3.63) is 0 Å². The van der Waals surface area contributed by atoms with E-state index in [0.29, 0.717) is 19.6 Å². The van der Waals surface area contributed by atoms with Crippen LogP contribution in [0.1, 0.15) is 33.1 Å². The molecule has 17 heavy (non-hydrogen) atoms. The zero-order valence-corrected chi connectivity index (χ0v) is 10.3. The summed E-state index contributed by atoms with van der Waals surface area (Å²) >= 11 is 0. The second-order valence-electron chi connectivity index (χ2n) is 4.80. The molecule has 1 fully saturated rings. The van der Waals surface area contributed by atoms with Crippen molar-refractivity contribution in [1.29, 1.82) is 0 Å². The van der Waals surface area contributed by atoms with Crippen LogP contribution in [0.3, 0.4) is 0 Å². The topological polar surface area (TPSA) is 87.7 Å². The van der Waals surface area contributed by atoms with Crippen LogP contribution in [0.4, 0.5) is 4.79 Å². The number of hydrogen-bond donors (Lipinski definition) is 3. The molecule has 6 heteroatoms. The second-order valence-corrected chi connectivity index (χ2v) is 4.80. The molecule has 0 spiro atoms. The lowest BCUT2D eigenvalue weighted by molar-refractivity contribution is -0.137. The Hall–Kier alpha value is -1.30. The Kier molecular flexibility index (Phi) is 4.74. The van der Waals surface area contributed by atoms with Gasteiger partial charge in [-0.1, -0.05) is 0 Å². The molecule has 0 aromatic heterocycles. The summed E-state index contributed by atoms with van der Waals surface area (Å²) in [7, 11) is 0. The van der Waals surface area contributed by atoms with Crippen LogP contribution < -0.4 is 10.6 Å². The Morgan fingerprint density at radius 3 is 2.76 bits per heavy atom. The average molecular weight is 244 g/mol. The molecule has 1 rings (SSSR count). The Labute approximate surface area is 101 Å². The number of carboxylic acid groups (broad SMARTS) is 1. The molecule has 0 radical (unpaired) electrons. The molecule has 0 aliphatic carbocycles. The van der Waals surface area contributed by atoms with Crippen LogP contribution in [0.5, 0.6) is 0 Å². The van der Waals surface area contributed by atoms with Crippen molar-refractivity contribution >= 4 is 12.0 Å². The molecule has 0 aromatic carbocycles. The van der Waals surface area contributed by atoms with Crippen molar-refractivity contribution in [1.82, 2.24) is 10.6 Å². The van der Waals surface area contributed by atoms with Gasteiger partial charge in [0.15, 0.2) is 0 Å². The molecule has 2 unspecified atom stereocenters. The molecule has 1 heterocycles. The third-order valence-electron chi connectivity index (χ3n) is 2.80. The highest BCUT2D eigenvalue weighted by molar-refractivity contribution is 5.75. The van der Waals surface area contributed by atoms with Crippen molar-refractivity contribution in [2.24, 2.45) is 0 Å². The fourth-order valence-corrected chi connectivity index (χ4v) is 1.71. The minimum atomic E-state index is -0.852. The lowest BCUT2D eigenvalue weighted by Crippen LogP contribution is -2.52. The monoisotopic (exact) mass is 244 g/mol. The first-order valence-corrected chi connectivity index (χ1v) is 5.79. The van der Waals surface area contributed by atoms with Gasteiger partial charge in [0.25, 0.3) is 0 Å². The molecule has 98 valence electrons. The number of carbonyl (C=O) groups is 2. The summed E-state index contributed by atoms with van der Waals surface area (Å²) in [6.07, 6.45) is 1.28. The quantitative estimate of drug-likeness (QED) is 0.665. The van der Waals surface area contributed by atoms with E-state index in [1.807, 2.05) is 6.92 Å². The van der Waals surface area contributed by atoms with Gasteiger partial charge in [0.1, 0.15) is 0 Å². The van der Waals surface area contributed by atoms with Crippen molar-refractivity contribution in [3.8, 4) is 0 Å². The largest absolute Gasteiger partial charge is 0.481 e. The van der Waals surface area contributed by atoms with Crippen molar-refractivity contribution in [3.63, 3.8) is 0 Å². The summed E-state index contributed by atoms with van der Waals surface area (Å²) in [6.45, 7) is 4.90. The molecule has 3 N–H and O–H groups in total. The van der Waals surface area contributed by atoms with E-state index in [4.69, 9.17) is 9.84 Å². The average Bonchev–Trinajstić information content (AvgIpc) is 2.61. The highest BCUT2D eigenvalue weighted by atomic mass is 16.5. The summed E-state index contributed by atoms with van der Waals surface area (Å²) < 4.78 is 5.22. The standard InChI is InChI=1S/C11H20N2O4/c1-8(3-4-9(14)15)12-10(16)13-11(2)5-6-17-7-11/h8H,3-7H2,1-2H3,(H,14,15)(H2,12,13,16). The van der Waals surface area contributed by atoms with Gasteiger partial charge in [0.05, 0.1) is 12.1 Å². The van der Waals surface area contributed by atoms with Crippen molar-refractivity contribution < 1.29 is 19.4 Å². The first-order valence-electron chi connectivity index (χ1n) is 5.79. The van der Waals surface area contributed by atoms with Gasteiger partial charge in [-0.2, -0.15) is 0 Å². The molecular formula is C11H20N2O4. The Bertz CT molecular complexity index is 287. The third kappa shape index (κ3) is 5.04. The van der Waals surface area contributed by atoms with Crippen molar-refractivity contribution in [2.75, 3.05) is 13.2 Å². The maximum atomic E-state index is 11.6. The fourth-order valence-electron chi connectivity index (χ4n) is 1.71. The van der Waals surface area contributed by atoms with Crippen LogP contribution >= 0.6 is 0 Å². The third-order valence-corrected chi connectivity index (χ3v) is 2.80. The second kappa shape index (κ2) is 5.86. The lowest BCUT2D eigenvalue weighted by Gasteiger charge is -2.25. The Morgan fingerprint density at radius 2 is 2.24 bits per heavy atom. The van der Waals surface area contributed by atoms with Crippen LogP contribution in [0.2, 0.25) is 0 Å². The first-order chi connectivity index (χ1) is 7.91. The van der Waals surface area contributed by atoms with E-state index < -0.39 is 5.97 Å². The van der Waals surface area contributed by atoms with E-state index in [1.54, 1.807) is 6.92 Å². The zero-order chi connectivity index (χ0) is 12.9. The van der Waals surface area contributed by atoms with Gasteiger partial charge in [0.2, 0.25) is 0 Å². The number of aliphatic carboxylic acids is 1. The van der Waals surface area contributed by atoms with Gasteiger partial charge in [0, 0.05) is 19.1 Å². The predicted octanol–water partition coefficient (Wildman–Crippen LogP) is 0.718. The van der Waals surface area contributed by atoms with Gasteiger partial charge < -0.3 is 20.5 Å². The number of amides is 2. The Morgan fingerprint density at radius 1 is 1.53 bits per heavy atom. The maximum absolute atomic E-state index is 11.6. The van der Waals surface area contributed by atoms with E-state index in [0.717, 1.165) is 6.42 Å². The molecule has 1 aliphatic heterocycles. The minimum Gasteiger partial charge on any atom is -0.481 e. The number of nitrogens with one attached hydrogen (secondary N) is 2. The van der Waals surface area contributed by atoms with E-state index in [2.05, 4.69) is 10.6 Å². The van der Waals surface area contributed by atoms with E-state index in [-0.39, 0.29) is 24.0 Å². The number of carboxylic acids is 1. The van der Waals surface area contributed by atoms with E-state index in [9.17, 15) is 9.59 Å². The number of urea groups is 1. The Balaban J connectivity index is 2.26. The molecule has 2 amide bonds. The van der Waals surface area contributed by atoms with E-state index in [1.165, 1.54) is 0 Å². The van der Waals surface area contributed by atoms with Crippen LogP contribution in [0, 0.1) is 0 Å². The van der Waals surface area contributed by atoms with Crippen LogP contribution in [0.15, 0.2) is 0 Å². The summed E-state index contributed by atoms with van der Waals surface area (Å²) in [6, 6.07) is -0.423. The highest BCUT2D eigenvalue weighted by Crippen LogP contribution is 2.17. The molecule has 1 saturated heterocycles. The molecule has 6 nitrogen and oxygen atoms in total. The number of hydrogen-bond acceptors (Lipinski definition) is 3. The number of ether oxygens (including phenoxy) is 1. The lowest BCUT2D eigenvalue weighted by atomic mass is 10.0. The highest BCUT2D eigenvalue weighted by Gasteiger charge is 2.31. The molecular weight excluding hydrogens is 224 g/mol.